The van der Waals surface area contributed by atoms with Crippen molar-refractivity contribution in [2.24, 2.45) is 5.92 Å². The summed E-state index contributed by atoms with van der Waals surface area (Å²) in [6.45, 7) is 2.17. The minimum Gasteiger partial charge on any atom is -0.481 e. The number of thiocarbonyl (C=S) groups is 1. The van der Waals surface area contributed by atoms with Gasteiger partial charge in [0.2, 0.25) is 0 Å². The quantitative estimate of drug-likeness (QED) is 0.524. The van der Waals surface area contributed by atoms with Gasteiger partial charge in [-0.15, -0.1) is 11.8 Å². The Morgan fingerprint density at radius 3 is 2.40 bits per heavy atom. The zero-order chi connectivity index (χ0) is 11.7. The molecule has 0 radical (unpaired) electrons. The molecule has 0 aliphatic rings. The topological polar surface area (TPSA) is 37.3 Å². The molecule has 0 rings (SSSR count). The van der Waals surface area contributed by atoms with Crippen molar-refractivity contribution in [2.75, 3.05) is 6.26 Å². The van der Waals surface area contributed by atoms with Crippen molar-refractivity contribution >= 4 is 34.1 Å². The average Bonchev–Trinajstić information content (AvgIpc) is 2.22. The summed E-state index contributed by atoms with van der Waals surface area (Å²) in [5.74, 6) is -1.21. The van der Waals surface area contributed by atoms with E-state index in [9.17, 15) is 4.79 Å². The summed E-state index contributed by atoms with van der Waals surface area (Å²) in [6, 6.07) is 0. The van der Waals surface area contributed by atoms with Gasteiger partial charge in [0.25, 0.3) is 0 Å². The van der Waals surface area contributed by atoms with Crippen LogP contribution in [0.15, 0.2) is 0 Å². The molecule has 0 aliphatic heterocycles. The Morgan fingerprint density at radius 1 is 1.33 bits per heavy atom. The molecule has 4 heteroatoms. The van der Waals surface area contributed by atoms with Crippen molar-refractivity contribution in [3.63, 3.8) is 0 Å². The number of hydrogen-bond acceptors (Lipinski definition) is 3. The molecule has 0 aliphatic carbocycles. The summed E-state index contributed by atoms with van der Waals surface area (Å²) >= 11 is 6.42. The molecule has 15 heavy (non-hydrogen) atoms. The van der Waals surface area contributed by atoms with Crippen molar-refractivity contribution in [3.05, 3.63) is 0 Å². The van der Waals surface area contributed by atoms with Gasteiger partial charge >= 0.3 is 5.97 Å². The average molecular weight is 248 g/mol. The minimum atomic E-state index is -0.773. The third-order valence-electron chi connectivity index (χ3n) is 2.38. The number of aliphatic carboxylic acids is 1. The number of hydrogen-bond donors (Lipinski definition) is 1. The Kier molecular flexibility index (Phi) is 9.10. The Morgan fingerprint density at radius 2 is 1.93 bits per heavy atom. The Bertz CT molecular complexity index is 205. The van der Waals surface area contributed by atoms with Crippen LogP contribution in [-0.2, 0) is 4.79 Å². The van der Waals surface area contributed by atoms with Crippen LogP contribution in [-0.4, -0.2) is 21.5 Å². The van der Waals surface area contributed by atoms with Gasteiger partial charge in [-0.2, -0.15) is 0 Å². The largest absolute Gasteiger partial charge is 0.481 e. The van der Waals surface area contributed by atoms with E-state index >= 15 is 0 Å². The van der Waals surface area contributed by atoms with E-state index in [-0.39, 0.29) is 0 Å². The standard InChI is InChI=1S/C11H20O2S2/c1-3-4-5-6-7-8-9(10(12)13)11(14)15-2/h9H,3-8H2,1-2H3,(H,12,13). The highest BCUT2D eigenvalue weighted by Gasteiger charge is 2.21. The van der Waals surface area contributed by atoms with Gasteiger partial charge in [0, 0.05) is 0 Å². The molecule has 0 aromatic heterocycles. The Hall–Kier alpha value is -0.0900. The minimum absolute atomic E-state index is 0.434. The molecule has 0 saturated carbocycles. The van der Waals surface area contributed by atoms with E-state index < -0.39 is 11.9 Å². The highest BCUT2D eigenvalue weighted by Crippen LogP contribution is 2.18. The van der Waals surface area contributed by atoms with E-state index in [0.29, 0.717) is 10.6 Å². The van der Waals surface area contributed by atoms with E-state index in [1.54, 1.807) is 0 Å². The number of rotatable bonds is 8. The van der Waals surface area contributed by atoms with E-state index in [0.717, 1.165) is 12.8 Å². The van der Waals surface area contributed by atoms with Crippen LogP contribution in [0.3, 0.4) is 0 Å². The SMILES string of the molecule is CCCCCCCC(C(=O)O)C(=S)SC. The summed E-state index contributed by atoms with van der Waals surface area (Å²) < 4.78 is 0.609. The fraction of sp³-hybridized carbons (Fsp3) is 0.818. The molecule has 0 saturated heterocycles. The monoisotopic (exact) mass is 248 g/mol. The fourth-order valence-electron chi connectivity index (χ4n) is 1.44. The molecule has 0 fully saturated rings. The highest BCUT2D eigenvalue weighted by molar-refractivity contribution is 8.22. The van der Waals surface area contributed by atoms with E-state index in [1.807, 2.05) is 6.26 Å². The Balaban J connectivity index is 3.77. The van der Waals surface area contributed by atoms with Crippen molar-refractivity contribution in [1.82, 2.24) is 0 Å². The number of carbonyl (C=O) groups is 1. The third kappa shape index (κ3) is 6.90. The second kappa shape index (κ2) is 9.16. The summed E-state index contributed by atoms with van der Waals surface area (Å²) in [5.41, 5.74) is 0. The van der Waals surface area contributed by atoms with Crippen LogP contribution in [0.1, 0.15) is 45.4 Å². The van der Waals surface area contributed by atoms with E-state index in [4.69, 9.17) is 17.3 Å². The van der Waals surface area contributed by atoms with Gasteiger partial charge in [-0.1, -0.05) is 51.2 Å². The molecule has 0 aromatic rings. The molecule has 0 aromatic carbocycles. The third-order valence-corrected chi connectivity index (χ3v) is 3.85. The van der Waals surface area contributed by atoms with Gasteiger partial charge in [-0.3, -0.25) is 4.79 Å². The predicted octanol–water partition coefficient (Wildman–Crippen LogP) is 3.74. The number of carboxylic acid groups (broad SMARTS) is 1. The van der Waals surface area contributed by atoms with Crippen LogP contribution in [0.25, 0.3) is 0 Å². The smallest absolute Gasteiger partial charge is 0.312 e. The zero-order valence-electron chi connectivity index (χ0n) is 9.49. The van der Waals surface area contributed by atoms with Gasteiger partial charge in [0.15, 0.2) is 0 Å². The molecule has 2 nitrogen and oxygen atoms in total. The molecule has 1 N–H and O–H groups in total. The molecule has 0 bridgehead atoms. The lowest BCUT2D eigenvalue weighted by atomic mass is 10.0. The van der Waals surface area contributed by atoms with Gasteiger partial charge < -0.3 is 5.11 Å². The van der Waals surface area contributed by atoms with Crippen molar-refractivity contribution in [1.29, 1.82) is 0 Å². The van der Waals surface area contributed by atoms with Gasteiger partial charge in [-0.25, -0.2) is 0 Å². The maximum absolute atomic E-state index is 10.9. The van der Waals surface area contributed by atoms with Crippen LogP contribution in [0.2, 0.25) is 0 Å². The molecule has 0 spiro atoms. The maximum atomic E-state index is 10.9. The molecule has 1 atom stereocenters. The van der Waals surface area contributed by atoms with E-state index in [1.165, 1.54) is 31.0 Å². The number of unbranched alkanes of at least 4 members (excludes halogenated alkanes) is 4. The van der Waals surface area contributed by atoms with Crippen molar-refractivity contribution in [2.45, 2.75) is 45.4 Å². The number of carboxylic acids is 1. The summed E-state index contributed by atoms with van der Waals surface area (Å²) in [7, 11) is 0. The fourth-order valence-corrected chi connectivity index (χ4v) is 2.16. The Labute approximate surface area is 102 Å². The lowest BCUT2D eigenvalue weighted by molar-refractivity contribution is -0.139. The van der Waals surface area contributed by atoms with Crippen LogP contribution in [0, 0.1) is 5.92 Å². The summed E-state index contributed by atoms with van der Waals surface area (Å²) in [6.07, 6.45) is 8.28. The molecular weight excluding hydrogens is 228 g/mol. The second-order valence-corrected chi connectivity index (χ2v) is 5.16. The van der Waals surface area contributed by atoms with Crippen LogP contribution in [0.4, 0.5) is 0 Å². The van der Waals surface area contributed by atoms with Crippen LogP contribution >= 0.6 is 24.0 Å². The first kappa shape index (κ1) is 14.9. The molecule has 88 valence electrons. The first-order valence-electron chi connectivity index (χ1n) is 5.44. The molecule has 1 unspecified atom stereocenters. The number of thioether (sulfide) groups is 1. The first-order chi connectivity index (χ1) is 7.13. The summed E-state index contributed by atoms with van der Waals surface area (Å²) in [4.78, 5) is 10.9. The normalized spacial score (nSPS) is 12.4. The van der Waals surface area contributed by atoms with Gasteiger partial charge in [-0.05, 0) is 12.7 Å². The molecule has 0 heterocycles. The van der Waals surface area contributed by atoms with Crippen LogP contribution in [0.5, 0.6) is 0 Å². The van der Waals surface area contributed by atoms with E-state index in [2.05, 4.69) is 6.92 Å². The highest BCUT2D eigenvalue weighted by atomic mass is 32.2. The van der Waals surface area contributed by atoms with Crippen LogP contribution < -0.4 is 0 Å². The lowest BCUT2D eigenvalue weighted by Crippen LogP contribution is -2.19. The van der Waals surface area contributed by atoms with Crippen molar-refractivity contribution < 1.29 is 9.90 Å². The summed E-state index contributed by atoms with van der Waals surface area (Å²) in [5, 5.41) is 8.98. The van der Waals surface area contributed by atoms with Crippen molar-refractivity contribution in [3.8, 4) is 0 Å². The first-order valence-corrected chi connectivity index (χ1v) is 7.07. The molecule has 0 amide bonds. The zero-order valence-corrected chi connectivity index (χ0v) is 11.1. The predicted molar refractivity (Wildman–Crippen MR) is 70.6 cm³/mol. The second-order valence-electron chi connectivity index (χ2n) is 3.62. The maximum Gasteiger partial charge on any atom is 0.312 e. The molecular formula is C11H20O2S2. The lowest BCUT2D eigenvalue weighted by Gasteiger charge is -2.11. The van der Waals surface area contributed by atoms with Gasteiger partial charge in [0.1, 0.15) is 0 Å². The van der Waals surface area contributed by atoms with Gasteiger partial charge in [0.05, 0.1) is 10.1 Å².